The average molecular weight is 259 g/mol. The van der Waals surface area contributed by atoms with Crippen LogP contribution in [0.25, 0.3) is 0 Å². The first-order valence-electron chi connectivity index (χ1n) is 5.52. The lowest BCUT2D eigenvalue weighted by atomic mass is 10.4. The van der Waals surface area contributed by atoms with Gasteiger partial charge in [0.2, 0.25) is 0 Å². The third kappa shape index (κ3) is 3.21. The lowest BCUT2D eigenvalue weighted by Crippen LogP contribution is -2.51. The molecule has 5 nitrogen and oxygen atoms in total. The fraction of sp³-hybridized carbons (Fsp3) is 0.545. The van der Waals surface area contributed by atoms with Gasteiger partial charge in [-0.3, -0.25) is 9.80 Å². The van der Waals surface area contributed by atoms with Gasteiger partial charge in [0.25, 0.3) is 5.91 Å². The van der Waals surface area contributed by atoms with E-state index < -0.39 is 0 Å². The smallest absolute Gasteiger partial charge is 0.252 e. The van der Waals surface area contributed by atoms with Gasteiger partial charge in [0, 0.05) is 13.1 Å². The van der Waals surface area contributed by atoms with Gasteiger partial charge in [-0.1, -0.05) is 0 Å². The first-order chi connectivity index (χ1) is 8.31. The Morgan fingerprint density at radius 3 is 2.82 bits per heavy atom. The van der Waals surface area contributed by atoms with Gasteiger partial charge in [0.15, 0.2) is 0 Å². The molecule has 0 aliphatic carbocycles. The number of carbonyl (C=O) groups is 1. The third-order valence-electron chi connectivity index (χ3n) is 2.62. The van der Waals surface area contributed by atoms with Crippen molar-refractivity contribution in [2.75, 3.05) is 32.2 Å². The molecule has 1 aliphatic rings. The Kier molecular flexibility index (Phi) is 4.42. The van der Waals surface area contributed by atoms with Crippen LogP contribution in [0.15, 0.2) is 22.8 Å². The second-order valence-electron chi connectivity index (χ2n) is 3.73. The van der Waals surface area contributed by atoms with Crippen molar-refractivity contribution in [1.29, 1.82) is 0 Å². The minimum atomic E-state index is -0.120. The minimum absolute atomic E-state index is 0.0297. The van der Waals surface area contributed by atoms with Crippen molar-refractivity contribution in [3.05, 3.63) is 24.2 Å². The fourth-order valence-corrected chi connectivity index (χ4v) is 1.90. The number of rotatable bonds is 4. The summed E-state index contributed by atoms with van der Waals surface area (Å²) < 4.78 is 10.5. The normalized spacial score (nSPS) is 17.0. The van der Waals surface area contributed by atoms with Gasteiger partial charge in [-0.15, -0.1) is 11.6 Å². The molecule has 2 rings (SSSR count). The maximum absolute atomic E-state index is 11.8. The number of amides is 1. The summed E-state index contributed by atoms with van der Waals surface area (Å²) in [5.74, 6) is 0.595. The minimum Gasteiger partial charge on any atom is -0.467 e. The highest BCUT2D eigenvalue weighted by molar-refractivity contribution is 6.27. The van der Waals surface area contributed by atoms with E-state index in [9.17, 15) is 4.79 Å². The van der Waals surface area contributed by atoms with E-state index in [2.05, 4.69) is 0 Å². The molecule has 0 bridgehead atoms. The van der Waals surface area contributed by atoms with Gasteiger partial charge in [-0.05, 0) is 12.1 Å². The monoisotopic (exact) mass is 258 g/mol. The Bertz CT molecular complexity index is 350. The van der Waals surface area contributed by atoms with E-state index >= 15 is 0 Å². The van der Waals surface area contributed by atoms with Gasteiger partial charge in [0.05, 0.1) is 26.0 Å². The molecule has 0 aromatic carbocycles. The largest absolute Gasteiger partial charge is 0.467 e. The van der Waals surface area contributed by atoms with Crippen LogP contribution in [0.3, 0.4) is 0 Å². The molecule has 17 heavy (non-hydrogen) atoms. The highest BCUT2D eigenvalue weighted by atomic mass is 35.5. The van der Waals surface area contributed by atoms with Crippen LogP contribution >= 0.6 is 11.6 Å². The summed E-state index contributed by atoms with van der Waals surface area (Å²) in [4.78, 5) is 11.8. The standard InChI is InChI=1S/C11H15ClN2O3/c12-8-11(15)14(9-10-2-1-5-17-10)13-3-6-16-7-4-13/h1-2,5H,3-4,6-9H2. The summed E-state index contributed by atoms with van der Waals surface area (Å²) in [6.45, 7) is 3.07. The molecular formula is C11H15ClN2O3. The molecule has 1 saturated heterocycles. The molecule has 0 spiro atoms. The Labute approximate surface area is 105 Å². The zero-order valence-corrected chi connectivity index (χ0v) is 10.2. The maximum Gasteiger partial charge on any atom is 0.252 e. The molecule has 1 aliphatic heterocycles. The van der Waals surface area contributed by atoms with Crippen molar-refractivity contribution in [3.63, 3.8) is 0 Å². The number of hydrogen-bond acceptors (Lipinski definition) is 4. The zero-order valence-electron chi connectivity index (χ0n) is 9.47. The molecule has 2 heterocycles. The lowest BCUT2D eigenvalue weighted by Gasteiger charge is -2.36. The highest BCUT2D eigenvalue weighted by Gasteiger charge is 2.23. The van der Waals surface area contributed by atoms with Crippen LogP contribution in [0.4, 0.5) is 0 Å². The first-order valence-corrected chi connectivity index (χ1v) is 6.06. The third-order valence-corrected chi connectivity index (χ3v) is 2.85. The van der Waals surface area contributed by atoms with Crippen LogP contribution in [0.5, 0.6) is 0 Å². The van der Waals surface area contributed by atoms with Crippen LogP contribution < -0.4 is 0 Å². The van der Waals surface area contributed by atoms with Crippen molar-refractivity contribution in [2.24, 2.45) is 0 Å². The molecule has 1 amide bonds. The van der Waals surface area contributed by atoms with Gasteiger partial charge in [-0.2, -0.15) is 0 Å². The Morgan fingerprint density at radius 1 is 1.47 bits per heavy atom. The van der Waals surface area contributed by atoms with Crippen molar-refractivity contribution in [2.45, 2.75) is 6.54 Å². The van der Waals surface area contributed by atoms with E-state index in [-0.39, 0.29) is 11.8 Å². The molecule has 0 unspecified atom stereocenters. The Morgan fingerprint density at radius 2 is 2.24 bits per heavy atom. The van der Waals surface area contributed by atoms with E-state index in [0.29, 0.717) is 32.8 Å². The second kappa shape index (κ2) is 6.05. The molecular weight excluding hydrogens is 244 g/mol. The van der Waals surface area contributed by atoms with Gasteiger partial charge in [-0.25, -0.2) is 5.01 Å². The maximum atomic E-state index is 11.8. The molecule has 94 valence electrons. The number of alkyl halides is 1. The number of halogens is 1. The van der Waals surface area contributed by atoms with Crippen LogP contribution in [0.1, 0.15) is 5.76 Å². The molecule has 1 aromatic rings. The Balaban J connectivity index is 2.04. The summed E-state index contributed by atoms with van der Waals surface area (Å²) in [5.41, 5.74) is 0. The summed E-state index contributed by atoms with van der Waals surface area (Å²) in [7, 11) is 0. The van der Waals surface area contributed by atoms with E-state index in [4.69, 9.17) is 20.8 Å². The van der Waals surface area contributed by atoms with Gasteiger partial charge >= 0.3 is 0 Å². The molecule has 0 N–H and O–H groups in total. The van der Waals surface area contributed by atoms with Gasteiger partial charge < -0.3 is 9.15 Å². The van der Waals surface area contributed by atoms with Crippen LogP contribution in [0.2, 0.25) is 0 Å². The molecule has 0 radical (unpaired) electrons. The van der Waals surface area contributed by atoms with E-state index in [0.717, 1.165) is 5.76 Å². The summed E-state index contributed by atoms with van der Waals surface area (Å²) in [6.07, 6.45) is 1.60. The molecule has 1 aromatic heterocycles. The number of nitrogens with zero attached hydrogens (tertiary/aromatic N) is 2. The number of hydrazine groups is 1. The number of carbonyl (C=O) groups excluding carboxylic acids is 1. The second-order valence-corrected chi connectivity index (χ2v) is 4.00. The number of hydrogen-bond donors (Lipinski definition) is 0. The molecule has 6 heteroatoms. The van der Waals surface area contributed by atoms with Crippen molar-refractivity contribution in [3.8, 4) is 0 Å². The quantitative estimate of drug-likeness (QED) is 0.759. The van der Waals surface area contributed by atoms with Gasteiger partial charge in [0.1, 0.15) is 11.6 Å². The van der Waals surface area contributed by atoms with E-state index in [1.165, 1.54) is 0 Å². The number of ether oxygens (including phenoxy) is 1. The average Bonchev–Trinajstić information content (AvgIpc) is 2.89. The SMILES string of the molecule is O=C(CCl)N(Cc1ccco1)N1CCOCC1. The van der Waals surface area contributed by atoms with E-state index in [1.54, 1.807) is 17.3 Å². The fourth-order valence-electron chi connectivity index (χ4n) is 1.76. The highest BCUT2D eigenvalue weighted by Crippen LogP contribution is 2.11. The number of morpholine rings is 1. The molecule has 0 saturated carbocycles. The summed E-state index contributed by atoms with van der Waals surface area (Å²) >= 11 is 5.63. The number of furan rings is 1. The predicted molar refractivity (Wildman–Crippen MR) is 62.4 cm³/mol. The Hall–Kier alpha value is -1.04. The van der Waals surface area contributed by atoms with Crippen LogP contribution in [-0.4, -0.2) is 48.1 Å². The van der Waals surface area contributed by atoms with Crippen molar-refractivity contribution >= 4 is 17.5 Å². The lowest BCUT2D eigenvalue weighted by molar-refractivity contribution is -0.156. The zero-order chi connectivity index (χ0) is 12.1. The summed E-state index contributed by atoms with van der Waals surface area (Å²) in [5, 5.41) is 3.59. The first kappa shape index (κ1) is 12.4. The predicted octanol–water partition coefficient (Wildman–Crippen LogP) is 1.09. The van der Waals surface area contributed by atoms with Crippen molar-refractivity contribution in [1.82, 2.24) is 10.0 Å². The van der Waals surface area contributed by atoms with E-state index in [1.807, 2.05) is 11.1 Å². The molecule has 0 atom stereocenters. The van der Waals surface area contributed by atoms with Crippen LogP contribution in [0, 0.1) is 0 Å². The summed E-state index contributed by atoms with van der Waals surface area (Å²) in [6, 6.07) is 3.65. The topological polar surface area (TPSA) is 45.9 Å². The van der Waals surface area contributed by atoms with Crippen molar-refractivity contribution < 1.29 is 13.9 Å². The van der Waals surface area contributed by atoms with Crippen LogP contribution in [-0.2, 0) is 16.1 Å². The molecule has 1 fully saturated rings.